The van der Waals surface area contributed by atoms with E-state index in [1.54, 1.807) is 17.1 Å². The molecule has 0 unspecified atom stereocenters. The highest BCUT2D eigenvalue weighted by molar-refractivity contribution is 5.92. The standard InChI is InChI=1S/C13H17N5O/c1-8-5-15-12(7-14-8)13(19)17-9(2)11-6-16-18(4)10(11)3/h5-7,9H,1-4H3,(H,17,19)/t9-/m0/s1. The first-order chi connectivity index (χ1) is 8.99. The molecule has 6 heteroatoms. The topological polar surface area (TPSA) is 72.7 Å². The molecule has 0 saturated carbocycles. The molecule has 6 nitrogen and oxygen atoms in total. The molecule has 2 rings (SSSR count). The zero-order valence-corrected chi connectivity index (χ0v) is 11.5. The lowest BCUT2D eigenvalue weighted by atomic mass is 10.1. The van der Waals surface area contributed by atoms with E-state index in [9.17, 15) is 4.79 Å². The van der Waals surface area contributed by atoms with E-state index in [0.717, 1.165) is 17.0 Å². The summed E-state index contributed by atoms with van der Waals surface area (Å²) in [4.78, 5) is 20.1. The molecular weight excluding hydrogens is 242 g/mol. The van der Waals surface area contributed by atoms with Crippen molar-refractivity contribution < 1.29 is 4.79 Å². The van der Waals surface area contributed by atoms with E-state index in [1.807, 2.05) is 27.8 Å². The van der Waals surface area contributed by atoms with Crippen LogP contribution in [0.2, 0.25) is 0 Å². The Balaban J connectivity index is 2.10. The molecule has 1 amide bonds. The van der Waals surface area contributed by atoms with E-state index in [0.29, 0.717) is 5.69 Å². The average molecular weight is 259 g/mol. The molecule has 2 aromatic heterocycles. The Morgan fingerprint density at radius 3 is 2.53 bits per heavy atom. The van der Waals surface area contributed by atoms with Gasteiger partial charge in [-0.2, -0.15) is 5.10 Å². The molecule has 0 aliphatic rings. The summed E-state index contributed by atoms with van der Waals surface area (Å²) in [7, 11) is 1.87. The molecular formula is C13H17N5O. The average Bonchev–Trinajstić information content (AvgIpc) is 2.70. The lowest BCUT2D eigenvalue weighted by molar-refractivity contribution is 0.0934. The van der Waals surface area contributed by atoms with Gasteiger partial charge in [0.05, 0.1) is 24.1 Å². The number of nitrogens with one attached hydrogen (secondary N) is 1. The monoisotopic (exact) mass is 259 g/mol. The minimum absolute atomic E-state index is 0.121. The zero-order valence-electron chi connectivity index (χ0n) is 11.5. The van der Waals surface area contributed by atoms with Gasteiger partial charge >= 0.3 is 0 Å². The normalized spacial score (nSPS) is 12.2. The molecule has 0 radical (unpaired) electrons. The minimum Gasteiger partial charge on any atom is -0.344 e. The summed E-state index contributed by atoms with van der Waals surface area (Å²) in [5.74, 6) is -0.233. The van der Waals surface area contributed by atoms with Gasteiger partial charge in [0, 0.05) is 24.5 Å². The predicted octanol–water partition coefficient (Wildman–Crippen LogP) is 1.32. The summed E-state index contributed by atoms with van der Waals surface area (Å²) in [6.07, 6.45) is 4.82. The molecule has 2 heterocycles. The first-order valence-electron chi connectivity index (χ1n) is 6.07. The fourth-order valence-electron chi connectivity index (χ4n) is 1.80. The fraction of sp³-hybridized carbons (Fsp3) is 0.385. The van der Waals surface area contributed by atoms with Crippen LogP contribution < -0.4 is 5.32 Å². The summed E-state index contributed by atoms with van der Waals surface area (Å²) in [6, 6.07) is -0.121. The highest BCUT2D eigenvalue weighted by atomic mass is 16.1. The Hall–Kier alpha value is -2.24. The number of hydrogen-bond acceptors (Lipinski definition) is 4. The van der Waals surface area contributed by atoms with Gasteiger partial charge in [-0.3, -0.25) is 14.5 Å². The van der Waals surface area contributed by atoms with E-state index in [2.05, 4.69) is 20.4 Å². The maximum atomic E-state index is 12.0. The maximum absolute atomic E-state index is 12.0. The first kappa shape index (κ1) is 13.2. The number of aryl methyl sites for hydroxylation is 2. The zero-order chi connectivity index (χ0) is 14.0. The van der Waals surface area contributed by atoms with E-state index in [1.165, 1.54) is 6.20 Å². The highest BCUT2D eigenvalue weighted by Crippen LogP contribution is 2.16. The number of rotatable bonds is 3. The van der Waals surface area contributed by atoms with Gasteiger partial charge in [-0.1, -0.05) is 0 Å². The number of amides is 1. The van der Waals surface area contributed by atoms with Crippen molar-refractivity contribution in [1.29, 1.82) is 0 Å². The largest absolute Gasteiger partial charge is 0.344 e. The van der Waals surface area contributed by atoms with Crippen molar-refractivity contribution in [2.24, 2.45) is 7.05 Å². The number of nitrogens with zero attached hydrogens (tertiary/aromatic N) is 4. The molecule has 0 fully saturated rings. The number of hydrogen-bond donors (Lipinski definition) is 1. The second-order valence-corrected chi connectivity index (χ2v) is 4.55. The molecule has 1 N–H and O–H groups in total. The quantitative estimate of drug-likeness (QED) is 0.902. The Kier molecular flexibility index (Phi) is 3.59. The summed E-state index contributed by atoms with van der Waals surface area (Å²) >= 11 is 0. The second-order valence-electron chi connectivity index (χ2n) is 4.55. The van der Waals surface area contributed by atoms with Crippen LogP contribution in [-0.4, -0.2) is 25.7 Å². The van der Waals surface area contributed by atoms with E-state index < -0.39 is 0 Å². The van der Waals surface area contributed by atoms with Crippen molar-refractivity contribution in [2.75, 3.05) is 0 Å². The second kappa shape index (κ2) is 5.17. The summed E-state index contributed by atoms with van der Waals surface area (Å²) in [5.41, 5.74) is 3.13. The maximum Gasteiger partial charge on any atom is 0.271 e. The van der Waals surface area contributed by atoms with Crippen LogP contribution in [0, 0.1) is 13.8 Å². The van der Waals surface area contributed by atoms with Gasteiger partial charge in [-0.05, 0) is 20.8 Å². The summed E-state index contributed by atoms with van der Waals surface area (Å²) in [6.45, 7) is 5.72. The molecule has 2 aromatic rings. The smallest absolute Gasteiger partial charge is 0.271 e. The molecule has 0 aliphatic heterocycles. The van der Waals surface area contributed by atoms with Gasteiger partial charge in [-0.15, -0.1) is 0 Å². The van der Waals surface area contributed by atoms with E-state index >= 15 is 0 Å². The highest BCUT2D eigenvalue weighted by Gasteiger charge is 2.16. The SMILES string of the molecule is Cc1cnc(C(=O)N[C@@H](C)c2cnn(C)c2C)cn1. The molecule has 19 heavy (non-hydrogen) atoms. The van der Waals surface area contributed by atoms with Crippen molar-refractivity contribution in [2.45, 2.75) is 26.8 Å². The minimum atomic E-state index is -0.233. The molecule has 0 saturated heterocycles. The van der Waals surface area contributed by atoms with Crippen LogP contribution in [0.1, 0.15) is 40.4 Å². The molecule has 0 spiro atoms. The number of aromatic nitrogens is 4. The molecule has 100 valence electrons. The van der Waals surface area contributed by atoms with Crippen LogP contribution in [0.5, 0.6) is 0 Å². The van der Waals surface area contributed by atoms with Crippen LogP contribution in [0.15, 0.2) is 18.6 Å². The van der Waals surface area contributed by atoms with Crippen molar-refractivity contribution in [1.82, 2.24) is 25.1 Å². The van der Waals surface area contributed by atoms with Crippen LogP contribution >= 0.6 is 0 Å². The van der Waals surface area contributed by atoms with Gasteiger partial charge in [-0.25, -0.2) is 4.98 Å². The van der Waals surface area contributed by atoms with Gasteiger partial charge < -0.3 is 5.32 Å². The van der Waals surface area contributed by atoms with Crippen molar-refractivity contribution in [3.63, 3.8) is 0 Å². The predicted molar refractivity (Wildman–Crippen MR) is 70.6 cm³/mol. The lowest BCUT2D eigenvalue weighted by Gasteiger charge is -2.13. The van der Waals surface area contributed by atoms with Gasteiger partial charge in [0.25, 0.3) is 5.91 Å². The summed E-state index contributed by atoms with van der Waals surface area (Å²) in [5, 5.41) is 7.06. The van der Waals surface area contributed by atoms with E-state index in [4.69, 9.17) is 0 Å². The van der Waals surface area contributed by atoms with Crippen LogP contribution in [0.25, 0.3) is 0 Å². The van der Waals surface area contributed by atoms with Crippen LogP contribution in [-0.2, 0) is 7.05 Å². The third kappa shape index (κ3) is 2.78. The third-order valence-corrected chi connectivity index (χ3v) is 3.10. The van der Waals surface area contributed by atoms with Crippen molar-refractivity contribution >= 4 is 5.91 Å². The Bertz CT molecular complexity index is 588. The Morgan fingerprint density at radius 2 is 2.00 bits per heavy atom. The molecule has 0 aliphatic carbocycles. The van der Waals surface area contributed by atoms with Crippen LogP contribution in [0.4, 0.5) is 0 Å². The van der Waals surface area contributed by atoms with E-state index in [-0.39, 0.29) is 11.9 Å². The van der Waals surface area contributed by atoms with Gasteiger partial charge in [0.15, 0.2) is 0 Å². The number of carbonyl (C=O) groups is 1. The van der Waals surface area contributed by atoms with Crippen LogP contribution in [0.3, 0.4) is 0 Å². The molecule has 0 bridgehead atoms. The van der Waals surface area contributed by atoms with Gasteiger partial charge in [0.1, 0.15) is 5.69 Å². The van der Waals surface area contributed by atoms with Crippen molar-refractivity contribution in [3.8, 4) is 0 Å². The first-order valence-corrected chi connectivity index (χ1v) is 6.07. The third-order valence-electron chi connectivity index (χ3n) is 3.10. The van der Waals surface area contributed by atoms with Gasteiger partial charge in [0.2, 0.25) is 0 Å². The molecule has 0 aromatic carbocycles. The number of carbonyl (C=O) groups excluding carboxylic acids is 1. The summed E-state index contributed by atoms with van der Waals surface area (Å²) < 4.78 is 1.78. The van der Waals surface area contributed by atoms with Crippen molar-refractivity contribution in [3.05, 3.63) is 41.2 Å². The Morgan fingerprint density at radius 1 is 1.26 bits per heavy atom. The Labute approximate surface area is 111 Å². The molecule has 1 atom stereocenters. The fourth-order valence-corrected chi connectivity index (χ4v) is 1.80. The lowest BCUT2D eigenvalue weighted by Crippen LogP contribution is -2.27.